The van der Waals surface area contributed by atoms with E-state index in [9.17, 15) is 9.90 Å². The molecule has 2 heterocycles. The molecular formula is C18H26BNO6. The van der Waals surface area contributed by atoms with E-state index in [1.807, 2.05) is 39.8 Å². The second kappa shape index (κ2) is 6.76. The normalized spacial score (nSPS) is 24.5. The maximum atomic E-state index is 12.0. The van der Waals surface area contributed by atoms with Gasteiger partial charge in [0.1, 0.15) is 23.6 Å². The van der Waals surface area contributed by atoms with E-state index in [0.29, 0.717) is 5.75 Å². The molecule has 8 heteroatoms. The van der Waals surface area contributed by atoms with Gasteiger partial charge in [0.05, 0.1) is 12.7 Å². The number of carbonyl (C=O) groups excluding carboxylic acids is 1. The fourth-order valence-corrected chi connectivity index (χ4v) is 3.14. The molecule has 2 aliphatic heterocycles. The summed E-state index contributed by atoms with van der Waals surface area (Å²) in [5, 5.41) is 12.4. The molecule has 26 heavy (non-hydrogen) atoms. The monoisotopic (exact) mass is 363 g/mol. The van der Waals surface area contributed by atoms with Crippen LogP contribution in [0.2, 0.25) is 0 Å². The zero-order chi connectivity index (χ0) is 19.1. The van der Waals surface area contributed by atoms with Gasteiger partial charge >= 0.3 is 13.2 Å². The predicted molar refractivity (Wildman–Crippen MR) is 96.7 cm³/mol. The molecule has 0 fully saturated rings. The van der Waals surface area contributed by atoms with Gasteiger partial charge in [-0.25, -0.2) is 4.79 Å². The smallest absolute Gasteiger partial charge is 0.491 e. The lowest BCUT2D eigenvalue weighted by Gasteiger charge is -2.27. The molecule has 0 aliphatic carbocycles. The summed E-state index contributed by atoms with van der Waals surface area (Å²) in [5.41, 5.74) is 1.39. The van der Waals surface area contributed by atoms with Crippen LogP contribution in [0.4, 0.5) is 4.79 Å². The number of amides is 1. The Kier molecular flexibility index (Phi) is 4.94. The van der Waals surface area contributed by atoms with Crippen LogP contribution in [-0.4, -0.2) is 49.3 Å². The summed E-state index contributed by atoms with van der Waals surface area (Å²) in [6.45, 7) is 9.50. The quantitative estimate of drug-likeness (QED) is 0.791. The third kappa shape index (κ3) is 3.82. The average molecular weight is 363 g/mol. The Morgan fingerprint density at radius 1 is 1.46 bits per heavy atom. The molecule has 3 rings (SSSR count). The second-order valence-electron chi connectivity index (χ2n) is 8.06. The lowest BCUT2D eigenvalue weighted by molar-refractivity contribution is -0.0271. The van der Waals surface area contributed by atoms with Gasteiger partial charge in [-0.3, -0.25) is 0 Å². The van der Waals surface area contributed by atoms with Crippen molar-refractivity contribution in [2.75, 3.05) is 19.8 Å². The fourth-order valence-electron chi connectivity index (χ4n) is 3.14. The van der Waals surface area contributed by atoms with Gasteiger partial charge in [0.15, 0.2) is 0 Å². The van der Waals surface area contributed by atoms with Crippen LogP contribution in [0.15, 0.2) is 12.1 Å². The summed E-state index contributed by atoms with van der Waals surface area (Å²) in [6, 6.07) is 3.85. The van der Waals surface area contributed by atoms with Gasteiger partial charge in [-0.05, 0) is 51.8 Å². The standard InChI is InChI=1S/C18H26BNO6/c1-11-6-7-12-15-14(11)13(8-20-16(22)24-17(2,3)4)25-19(15)26-18(5,9-21)10-23-12/h6-7,13,21H,8-10H2,1-5H3,(H,20,22). The third-order valence-corrected chi connectivity index (χ3v) is 4.40. The highest BCUT2D eigenvalue weighted by Crippen LogP contribution is 2.35. The number of aliphatic hydroxyl groups is 1. The zero-order valence-electron chi connectivity index (χ0n) is 15.9. The van der Waals surface area contributed by atoms with Crippen molar-refractivity contribution < 1.29 is 28.7 Å². The number of hydrogen-bond donors (Lipinski definition) is 2. The van der Waals surface area contributed by atoms with E-state index in [1.165, 1.54) is 0 Å². The second-order valence-corrected chi connectivity index (χ2v) is 8.06. The molecule has 2 aliphatic rings. The van der Waals surface area contributed by atoms with E-state index in [0.717, 1.165) is 16.6 Å². The van der Waals surface area contributed by atoms with Crippen molar-refractivity contribution in [2.45, 2.75) is 51.9 Å². The molecule has 0 spiro atoms. The number of nitrogens with one attached hydrogen (secondary N) is 1. The Hall–Kier alpha value is -1.77. The molecule has 142 valence electrons. The number of aryl methyl sites for hydroxylation is 1. The van der Waals surface area contributed by atoms with Crippen molar-refractivity contribution >= 4 is 18.7 Å². The van der Waals surface area contributed by atoms with E-state index in [1.54, 1.807) is 6.92 Å². The Labute approximate surface area is 154 Å². The van der Waals surface area contributed by atoms with Crippen LogP contribution in [0.25, 0.3) is 0 Å². The molecule has 0 aromatic heterocycles. The highest BCUT2D eigenvalue weighted by Gasteiger charge is 2.47. The van der Waals surface area contributed by atoms with Crippen LogP contribution in [0.1, 0.15) is 44.9 Å². The summed E-state index contributed by atoms with van der Waals surface area (Å²) in [6.07, 6.45) is -0.878. The molecule has 1 amide bonds. The summed E-state index contributed by atoms with van der Waals surface area (Å²) in [4.78, 5) is 12.0. The summed E-state index contributed by atoms with van der Waals surface area (Å²) >= 11 is 0. The summed E-state index contributed by atoms with van der Waals surface area (Å²) in [5.74, 6) is 0.688. The SMILES string of the molecule is Cc1ccc2c3c1C(CNC(=O)OC(C)(C)C)OB3OC(C)(CO)CO2. The van der Waals surface area contributed by atoms with Crippen LogP contribution in [0.5, 0.6) is 5.75 Å². The molecule has 0 saturated heterocycles. The lowest BCUT2D eigenvalue weighted by atomic mass is 9.76. The largest absolute Gasteiger partial charge is 0.499 e. The number of aliphatic hydroxyl groups excluding tert-OH is 1. The maximum Gasteiger partial charge on any atom is 0.499 e. The summed E-state index contributed by atoms with van der Waals surface area (Å²) in [7, 11) is -0.648. The number of alkyl carbamates (subject to hydrolysis) is 1. The summed E-state index contributed by atoms with van der Waals surface area (Å²) < 4.78 is 23.2. The highest BCUT2D eigenvalue weighted by molar-refractivity contribution is 6.64. The lowest BCUT2D eigenvalue weighted by Crippen LogP contribution is -2.45. The average Bonchev–Trinajstić information content (AvgIpc) is 2.83. The van der Waals surface area contributed by atoms with Gasteiger partial charge in [0.25, 0.3) is 0 Å². The first kappa shape index (κ1) is 19.0. The molecule has 0 bridgehead atoms. The van der Waals surface area contributed by atoms with Crippen molar-refractivity contribution in [2.24, 2.45) is 0 Å². The van der Waals surface area contributed by atoms with Gasteiger partial charge in [0.2, 0.25) is 0 Å². The number of hydrogen-bond acceptors (Lipinski definition) is 6. The molecule has 1 aromatic rings. The molecule has 2 atom stereocenters. The van der Waals surface area contributed by atoms with E-state index in [4.69, 9.17) is 18.8 Å². The van der Waals surface area contributed by atoms with Gasteiger partial charge < -0.3 is 29.2 Å². The fraction of sp³-hybridized carbons (Fsp3) is 0.611. The number of rotatable bonds is 3. The van der Waals surface area contributed by atoms with E-state index < -0.39 is 24.4 Å². The minimum Gasteiger partial charge on any atom is -0.491 e. The topological polar surface area (TPSA) is 86.3 Å². The van der Waals surface area contributed by atoms with Crippen LogP contribution in [-0.2, 0) is 14.0 Å². The van der Waals surface area contributed by atoms with Crippen LogP contribution in [0, 0.1) is 6.92 Å². The molecule has 0 saturated carbocycles. The van der Waals surface area contributed by atoms with Gasteiger partial charge in [0, 0.05) is 12.0 Å². The third-order valence-electron chi connectivity index (χ3n) is 4.40. The minimum absolute atomic E-state index is 0.185. The maximum absolute atomic E-state index is 12.0. The van der Waals surface area contributed by atoms with Gasteiger partial charge in [-0.2, -0.15) is 0 Å². The first-order valence-electron chi connectivity index (χ1n) is 8.79. The first-order chi connectivity index (χ1) is 12.1. The first-order valence-corrected chi connectivity index (χ1v) is 8.79. The number of carbonyl (C=O) groups is 1. The Morgan fingerprint density at radius 2 is 2.19 bits per heavy atom. The van der Waals surface area contributed by atoms with Crippen molar-refractivity contribution in [3.05, 3.63) is 23.3 Å². The predicted octanol–water partition coefficient (Wildman–Crippen LogP) is 1.45. The van der Waals surface area contributed by atoms with Gasteiger partial charge in [-0.1, -0.05) is 6.07 Å². The Morgan fingerprint density at radius 3 is 2.85 bits per heavy atom. The Bertz CT molecular complexity index is 704. The van der Waals surface area contributed by atoms with Crippen molar-refractivity contribution in [1.29, 1.82) is 0 Å². The van der Waals surface area contributed by atoms with Crippen molar-refractivity contribution in [3.63, 3.8) is 0 Å². The number of benzene rings is 1. The molecular weight excluding hydrogens is 337 g/mol. The van der Waals surface area contributed by atoms with Gasteiger partial charge in [-0.15, -0.1) is 0 Å². The van der Waals surface area contributed by atoms with Crippen LogP contribution in [0.3, 0.4) is 0 Å². The van der Waals surface area contributed by atoms with Crippen molar-refractivity contribution in [1.82, 2.24) is 5.32 Å². The highest BCUT2D eigenvalue weighted by atomic mass is 16.6. The molecule has 2 N–H and O–H groups in total. The van der Waals surface area contributed by atoms with Crippen molar-refractivity contribution in [3.8, 4) is 5.75 Å². The van der Waals surface area contributed by atoms with Crippen LogP contribution < -0.4 is 15.5 Å². The number of ether oxygens (including phenoxy) is 2. The molecule has 1 aromatic carbocycles. The molecule has 0 radical (unpaired) electrons. The van der Waals surface area contributed by atoms with Crippen LogP contribution >= 0.6 is 0 Å². The van der Waals surface area contributed by atoms with E-state index >= 15 is 0 Å². The van der Waals surface area contributed by atoms with E-state index in [2.05, 4.69) is 5.32 Å². The Balaban J connectivity index is 1.81. The minimum atomic E-state index is -0.859. The zero-order valence-corrected chi connectivity index (χ0v) is 15.9. The molecule has 2 unspecified atom stereocenters. The molecule has 7 nitrogen and oxygen atoms in total. The van der Waals surface area contributed by atoms with E-state index in [-0.39, 0.29) is 25.9 Å².